The number of rotatable bonds is 4. The molecule has 2 atom stereocenters. The Morgan fingerprint density at radius 3 is 2.58 bits per heavy atom. The number of carbonyl (C=O) groups excluding carboxylic acids is 1. The standard InChI is InChI=1S/C18H21NO5/c1-3-12-4-5-14(23-12)13-10-11(2)8-9-19(13)17(20)15-6-7-16(24-15)18(21)22/h4-7,11,13H,3,8-10H2,1-2H3,(H,21,22). The Morgan fingerprint density at radius 2 is 1.96 bits per heavy atom. The average Bonchev–Trinajstić information content (AvgIpc) is 3.23. The van der Waals surface area contributed by atoms with E-state index in [-0.39, 0.29) is 23.5 Å². The fourth-order valence-electron chi connectivity index (χ4n) is 3.13. The van der Waals surface area contributed by atoms with Gasteiger partial charge in [-0.2, -0.15) is 0 Å². The molecule has 6 nitrogen and oxygen atoms in total. The van der Waals surface area contributed by atoms with Crippen LogP contribution in [-0.4, -0.2) is 28.4 Å². The van der Waals surface area contributed by atoms with E-state index in [1.807, 2.05) is 19.1 Å². The lowest BCUT2D eigenvalue weighted by atomic mass is 9.91. The summed E-state index contributed by atoms with van der Waals surface area (Å²) in [6.07, 6.45) is 2.52. The molecule has 2 aromatic rings. The molecule has 1 aliphatic rings. The van der Waals surface area contributed by atoms with Crippen LogP contribution in [0.4, 0.5) is 0 Å². The number of aryl methyl sites for hydroxylation is 1. The lowest BCUT2D eigenvalue weighted by Crippen LogP contribution is -2.40. The highest BCUT2D eigenvalue weighted by atomic mass is 16.4. The minimum atomic E-state index is -1.18. The minimum Gasteiger partial charge on any atom is -0.475 e. The van der Waals surface area contributed by atoms with E-state index < -0.39 is 5.97 Å². The largest absolute Gasteiger partial charge is 0.475 e. The Kier molecular flexibility index (Phi) is 4.46. The number of amides is 1. The summed E-state index contributed by atoms with van der Waals surface area (Å²) in [5.41, 5.74) is 0. The third-order valence-corrected chi connectivity index (χ3v) is 4.51. The molecule has 0 spiro atoms. The molecule has 0 saturated carbocycles. The number of hydrogen-bond acceptors (Lipinski definition) is 4. The van der Waals surface area contributed by atoms with Gasteiger partial charge in [-0.3, -0.25) is 4.79 Å². The molecule has 1 saturated heterocycles. The van der Waals surface area contributed by atoms with Crippen molar-refractivity contribution in [1.29, 1.82) is 0 Å². The monoisotopic (exact) mass is 331 g/mol. The summed E-state index contributed by atoms with van der Waals surface area (Å²) in [5.74, 6) is 0.491. The van der Waals surface area contributed by atoms with Gasteiger partial charge in [0.25, 0.3) is 5.91 Å². The van der Waals surface area contributed by atoms with Crippen LogP contribution in [0.2, 0.25) is 0 Å². The van der Waals surface area contributed by atoms with Crippen LogP contribution in [0.15, 0.2) is 33.1 Å². The van der Waals surface area contributed by atoms with Gasteiger partial charge in [-0.15, -0.1) is 0 Å². The second-order valence-electron chi connectivity index (χ2n) is 6.27. The summed E-state index contributed by atoms with van der Waals surface area (Å²) >= 11 is 0. The van der Waals surface area contributed by atoms with Gasteiger partial charge in [0.2, 0.25) is 5.76 Å². The lowest BCUT2D eigenvalue weighted by Gasteiger charge is -2.37. The molecule has 0 aromatic carbocycles. The van der Waals surface area contributed by atoms with Crippen molar-refractivity contribution in [2.75, 3.05) is 6.54 Å². The van der Waals surface area contributed by atoms with E-state index >= 15 is 0 Å². The second kappa shape index (κ2) is 6.55. The van der Waals surface area contributed by atoms with Gasteiger partial charge in [-0.25, -0.2) is 4.79 Å². The molecule has 6 heteroatoms. The summed E-state index contributed by atoms with van der Waals surface area (Å²) < 4.78 is 11.0. The first-order valence-corrected chi connectivity index (χ1v) is 8.22. The molecule has 2 unspecified atom stereocenters. The van der Waals surface area contributed by atoms with E-state index in [9.17, 15) is 9.59 Å². The fourth-order valence-corrected chi connectivity index (χ4v) is 3.13. The summed E-state index contributed by atoms with van der Waals surface area (Å²) in [6.45, 7) is 4.77. The van der Waals surface area contributed by atoms with Crippen molar-refractivity contribution in [1.82, 2.24) is 4.90 Å². The number of furan rings is 2. The van der Waals surface area contributed by atoms with Crippen molar-refractivity contribution in [2.24, 2.45) is 5.92 Å². The summed E-state index contributed by atoms with van der Waals surface area (Å²) in [6, 6.07) is 6.43. The summed E-state index contributed by atoms with van der Waals surface area (Å²) in [5, 5.41) is 8.95. The second-order valence-corrected chi connectivity index (χ2v) is 6.27. The first kappa shape index (κ1) is 16.4. The highest BCUT2D eigenvalue weighted by Crippen LogP contribution is 2.36. The molecule has 1 N–H and O–H groups in total. The van der Waals surface area contributed by atoms with Gasteiger partial charge in [-0.1, -0.05) is 13.8 Å². The van der Waals surface area contributed by atoms with Gasteiger partial charge in [0.05, 0.1) is 6.04 Å². The normalized spacial score (nSPS) is 21.0. The van der Waals surface area contributed by atoms with Crippen LogP contribution in [0.25, 0.3) is 0 Å². The molecule has 1 fully saturated rings. The molecule has 2 aromatic heterocycles. The maximum atomic E-state index is 12.8. The van der Waals surface area contributed by atoms with Crippen molar-refractivity contribution in [3.8, 4) is 0 Å². The zero-order valence-corrected chi connectivity index (χ0v) is 13.8. The molecule has 1 amide bonds. The molecular weight excluding hydrogens is 310 g/mol. The first-order chi connectivity index (χ1) is 11.5. The number of carboxylic acids is 1. The SMILES string of the molecule is CCc1ccc(C2CC(C)CCN2C(=O)c2ccc(C(=O)O)o2)o1. The molecule has 128 valence electrons. The first-order valence-electron chi connectivity index (χ1n) is 8.22. The van der Waals surface area contributed by atoms with E-state index in [4.69, 9.17) is 13.9 Å². The third kappa shape index (κ3) is 3.09. The lowest BCUT2D eigenvalue weighted by molar-refractivity contribution is 0.0482. The number of nitrogens with zero attached hydrogens (tertiary/aromatic N) is 1. The van der Waals surface area contributed by atoms with Crippen LogP contribution < -0.4 is 0 Å². The van der Waals surface area contributed by atoms with Gasteiger partial charge < -0.3 is 18.8 Å². The van der Waals surface area contributed by atoms with E-state index in [2.05, 4.69) is 6.92 Å². The van der Waals surface area contributed by atoms with Crippen molar-refractivity contribution < 1.29 is 23.5 Å². The van der Waals surface area contributed by atoms with E-state index in [0.29, 0.717) is 12.5 Å². The number of carboxylic acid groups (broad SMARTS) is 1. The smallest absolute Gasteiger partial charge is 0.371 e. The van der Waals surface area contributed by atoms with Crippen molar-refractivity contribution in [3.05, 3.63) is 47.3 Å². The number of likely N-dealkylation sites (tertiary alicyclic amines) is 1. The fraction of sp³-hybridized carbons (Fsp3) is 0.444. The van der Waals surface area contributed by atoms with Crippen molar-refractivity contribution in [3.63, 3.8) is 0 Å². The number of carbonyl (C=O) groups is 2. The molecule has 1 aliphatic heterocycles. The number of hydrogen-bond donors (Lipinski definition) is 1. The predicted octanol–water partition coefficient (Wildman–Crippen LogP) is 3.75. The van der Waals surface area contributed by atoms with E-state index in [1.165, 1.54) is 12.1 Å². The van der Waals surface area contributed by atoms with E-state index in [1.54, 1.807) is 4.90 Å². The number of aromatic carboxylic acids is 1. The molecule has 24 heavy (non-hydrogen) atoms. The van der Waals surface area contributed by atoms with Gasteiger partial charge in [0, 0.05) is 13.0 Å². The van der Waals surface area contributed by atoms with Crippen LogP contribution >= 0.6 is 0 Å². The third-order valence-electron chi connectivity index (χ3n) is 4.51. The zero-order chi connectivity index (χ0) is 17.3. The molecule has 0 aliphatic carbocycles. The number of piperidine rings is 1. The van der Waals surface area contributed by atoms with Gasteiger partial charge in [-0.05, 0) is 43.0 Å². The molecule has 0 radical (unpaired) electrons. The van der Waals surface area contributed by atoms with Crippen LogP contribution in [0.1, 0.15) is 65.4 Å². The average molecular weight is 331 g/mol. The van der Waals surface area contributed by atoms with Gasteiger partial charge in [0.1, 0.15) is 11.5 Å². The highest BCUT2D eigenvalue weighted by Gasteiger charge is 2.34. The predicted molar refractivity (Wildman–Crippen MR) is 85.9 cm³/mol. The Morgan fingerprint density at radius 1 is 1.21 bits per heavy atom. The van der Waals surface area contributed by atoms with Crippen LogP contribution in [0.5, 0.6) is 0 Å². The molecule has 0 bridgehead atoms. The molecule has 3 heterocycles. The topological polar surface area (TPSA) is 83.9 Å². The van der Waals surface area contributed by atoms with Crippen LogP contribution in [0.3, 0.4) is 0 Å². The highest BCUT2D eigenvalue weighted by molar-refractivity contribution is 5.93. The maximum absolute atomic E-state index is 12.8. The Bertz CT molecular complexity index is 744. The summed E-state index contributed by atoms with van der Waals surface area (Å²) in [4.78, 5) is 25.5. The molecular formula is C18H21NO5. The van der Waals surface area contributed by atoms with Gasteiger partial charge >= 0.3 is 5.97 Å². The van der Waals surface area contributed by atoms with Gasteiger partial charge in [0.15, 0.2) is 5.76 Å². The van der Waals surface area contributed by atoms with E-state index in [0.717, 1.165) is 30.8 Å². The van der Waals surface area contributed by atoms with Crippen LogP contribution in [-0.2, 0) is 6.42 Å². The minimum absolute atomic E-state index is 0.0502. The Labute approximate surface area is 140 Å². The Hall–Kier alpha value is -2.50. The maximum Gasteiger partial charge on any atom is 0.371 e. The molecule has 3 rings (SSSR count). The zero-order valence-electron chi connectivity index (χ0n) is 13.8. The van der Waals surface area contributed by atoms with Crippen molar-refractivity contribution in [2.45, 2.75) is 39.2 Å². The Balaban J connectivity index is 1.87. The summed E-state index contributed by atoms with van der Waals surface area (Å²) in [7, 11) is 0. The van der Waals surface area contributed by atoms with Crippen LogP contribution in [0, 0.1) is 5.92 Å². The quantitative estimate of drug-likeness (QED) is 0.922. The van der Waals surface area contributed by atoms with Crippen molar-refractivity contribution >= 4 is 11.9 Å².